The first-order chi connectivity index (χ1) is 11.9. The zero-order chi connectivity index (χ0) is 18.3. The summed E-state index contributed by atoms with van der Waals surface area (Å²) in [6.45, 7) is 11.7. The van der Waals surface area contributed by atoms with E-state index in [2.05, 4.69) is 17.1 Å². The maximum atomic E-state index is 12.2. The molecule has 4 heteroatoms. The number of likely N-dealkylation sites (tertiary alicyclic amines) is 1. The lowest BCUT2D eigenvalue weighted by atomic mass is 9.83. The highest BCUT2D eigenvalue weighted by molar-refractivity contribution is 5.68. The molecule has 1 saturated carbocycles. The van der Waals surface area contributed by atoms with Gasteiger partial charge in [0.15, 0.2) is 0 Å². The maximum absolute atomic E-state index is 12.2. The van der Waals surface area contributed by atoms with Crippen LogP contribution in [0.15, 0.2) is 0 Å². The van der Waals surface area contributed by atoms with E-state index in [1.165, 1.54) is 64.5 Å². The summed E-state index contributed by atoms with van der Waals surface area (Å²) < 4.78 is 5.48. The van der Waals surface area contributed by atoms with E-state index in [1.54, 1.807) is 0 Å². The molecule has 0 spiro atoms. The van der Waals surface area contributed by atoms with Gasteiger partial charge in [-0.3, -0.25) is 0 Å². The molecule has 0 aromatic rings. The summed E-state index contributed by atoms with van der Waals surface area (Å²) in [4.78, 5) is 14.9. The Hall–Kier alpha value is -0.770. The van der Waals surface area contributed by atoms with Gasteiger partial charge in [0.05, 0.1) is 0 Å². The number of hydrogen-bond donors (Lipinski definition) is 1. The molecular weight excluding hydrogens is 312 g/mol. The predicted molar refractivity (Wildman–Crippen MR) is 104 cm³/mol. The Labute approximate surface area is 155 Å². The Morgan fingerprint density at radius 3 is 2.64 bits per heavy atom. The molecule has 1 N–H and O–H groups in total. The van der Waals surface area contributed by atoms with Crippen LogP contribution in [0.2, 0.25) is 0 Å². The van der Waals surface area contributed by atoms with Gasteiger partial charge in [0.25, 0.3) is 0 Å². The molecule has 1 aliphatic heterocycles. The minimum absolute atomic E-state index is 0.246. The largest absolute Gasteiger partial charge is 0.444 e. The van der Waals surface area contributed by atoms with Crippen LogP contribution in [0, 0.1) is 11.8 Å². The molecule has 2 aliphatic rings. The first kappa shape index (κ1) is 20.5. The summed E-state index contributed by atoms with van der Waals surface area (Å²) in [6, 6.07) is 0.277. The van der Waals surface area contributed by atoms with Gasteiger partial charge in [-0.25, -0.2) is 4.79 Å². The number of hydrogen-bond acceptors (Lipinski definition) is 3. The Morgan fingerprint density at radius 2 is 1.92 bits per heavy atom. The van der Waals surface area contributed by atoms with Crippen LogP contribution in [0.5, 0.6) is 0 Å². The van der Waals surface area contributed by atoms with Gasteiger partial charge in [-0.15, -0.1) is 0 Å². The lowest BCUT2D eigenvalue weighted by molar-refractivity contribution is 0.0443. The van der Waals surface area contributed by atoms with E-state index in [1.807, 2.05) is 20.8 Å². The normalized spacial score (nSPS) is 28.6. The zero-order valence-corrected chi connectivity index (χ0v) is 17.0. The van der Waals surface area contributed by atoms with Crippen LogP contribution < -0.4 is 5.32 Å². The third-order valence-electron chi connectivity index (χ3n) is 5.67. The van der Waals surface area contributed by atoms with Crippen molar-refractivity contribution in [2.75, 3.05) is 19.6 Å². The van der Waals surface area contributed by atoms with Crippen LogP contribution in [0.3, 0.4) is 0 Å². The van der Waals surface area contributed by atoms with Gasteiger partial charge in [0.2, 0.25) is 0 Å². The standard InChI is InChI=1S/C21H40N2O2/c1-5-6-10-17-11-9-14-23(15-17)16-18-12-7-8-13-19(18)22-20(24)25-21(2,3)4/h17-19H,5-16H2,1-4H3,(H,22,24)/t17?,18-,19+/m0/s1. The number of nitrogens with zero attached hydrogens (tertiary/aromatic N) is 1. The van der Waals surface area contributed by atoms with E-state index in [0.29, 0.717) is 5.92 Å². The fraction of sp³-hybridized carbons (Fsp3) is 0.952. The molecule has 1 amide bonds. The average molecular weight is 353 g/mol. The molecule has 3 atom stereocenters. The topological polar surface area (TPSA) is 41.6 Å². The van der Waals surface area contributed by atoms with Crippen LogP contribution in [0.4, 0.5) is 4.79 Å². The highest BCUT2D eigenvalue weighted by atomic mass is 16.6. The van der Waals surface area contributed by atoms with Crippen molar-refractivity contribution in [2.24, 2.45) is 11.8 Å². The fourth-order valence-electron chi connectivity index (χ4n) is 4.45. The van der Waals surface area contributed by atoms with Crippen molar-refractivity contribution in [3.63, 3.8) is 0 Å². The average Bonchev–Trinajstić information content (AvgIpc) is 2.53. The molecule has 146 valence electrons. The lowest BCUT2D eigenvalue weighted by Gasteiger charge is -2.39. The van der Waals surface area contributed by atoms with Crippen LogP contribution in [-0.2, 0) is 4.74 Å². The Morgan fingerprint density at radius 1 is 1.16 bits per heavy atom. The zero-order valence-electron chi connectivity index (χ0n) is 17.0. The second kappa shape index (κ2) is 9.80. The van der Waals surface area contributed by atoms with Crippen molar-refractivity contribution in [1.82, 2.24) is 10.2 Å². The smallest absolute Gasteiger partial charge is 0.407 e. The van der Waals surface area contributed by atoms with Crippen molar-refractivity contribution in [1.29, 1.82) is 0 Å². The lowest BCUT2D eigenvalue weighted by Crippen LogP contribution is -2.49. The Balaban J connectivity index is 1.84. The van der Waals surface area contributed by atoms with Crippen LogP contribution in [-0.4, -0.2) is 42.3 Å². The molecule has 2 fully saturated rings. The number of alkyl carbamates (subject to hydrolysis) is 1. The van der Waals surface area contributed by atoms with Crippen molar-refractivity contribution in [2.45, 2.75) is 97.1 Å². The number of unbranched alkanes of at least 4 members (excludes halogenated alkanes) is 1. The third-order valence-corrected chi connectivity index (χ3v) is 5.67. The molecule has 0 aromatic heterocycles. The van der Waals surface area contributed by atoms with E-state index >= 15 is 0 Å². The van der Waals surface area contributed by atoms with Crippen LogP contribution in [0.1, 0.15) is 85.5 Å². The van der Waals surface area contributed by atoms with E-state index in [4.69, 9.17) is 4.74 Å². The Kier molecular flexibility index (Phi) is 8.05. The van der Waals surface area contributed by atoms with Crippen molar-refractivity contribution in [3.05, 3.63) is 0 Å². The van der Waals surface area contributed by atoms with Crippen molar-refractivity contribution >= 4 is 6.09 Å². The predicted octanol–water partition coefficient (Wildman–Crippen LogP) is 4.97. The molecule has 2 rings (SSSR count). The SMILES string of the molecule is CCCCC1CCCN(C[C@@H]2CCCC[C@H]2NC(=O)OC(C)(C)C)C1. The van der Waals surface area contributed by atoms with E-state index < -0.39 is 5.60 Å². The minimum atomic E-state index is -0.423. The second-order valence-electron chi connectivity index (χ2n) is 9.21. The molecule has 0 bridgehead atoms. The number of piperidine rings is 1. The van der Waals surface area contributed by atoms with Crippen molar-refractivity contribution < 1.29 is 9.53 Å². The summed E-state index contributed by atoms with van der Waals surface area (Å²) >= 11 is 0. The van der Waals surface area contributed by atoms with E-state index in [9.17, 15) is 4.79 Å². The van der Waals surface area contributed by atoms with E-state index in [-0.39, 0.29) is 12.1 Å². The van der Waals surface area contributed by atoms with Gasteiger partial charge < -0.3 is 15.0 Å². The quantitative estimate of drug-likeness (QED) is 0.733. The first-order valence-electron chi connectivity index (χ1n) is 10.6. The van der Waals surface area contributed by atoms with Crippen LogP contribution in [0.25, 0.3) is 0 Å². The molecule has 1 unspecified atom stereocenters. The molecule has 25 heavy (non-hydrogen) atoms. The third kappa shape index (κ3) is 7.55. The Bertz CT molecular complexity index is 405. The highest BCUT2D eigenvalue weighted by Crippen LogP contribution is 2.28. The van der Waals surface area contributed by atoms with Gasteiger partial charge in [0, 0.05) is 19.1 Å². The molecule has 0 radical (unpaired) electrons. The summed E-state index contributed by atoms with van der Waals surface area (Å²) in [6.07, 6.45) is 11.4. The minimum Gasteiger partial charge on any atom is -0.444 e. The number of rotatable bonds is 6. The number of carbonyl (C=O) groups is 1. The molecule has 1 heterocycles. The van der Waals surface area contributed by atoms with Gasteiger partial charge in [0.1, 0.15) is 5.60 Å². The highest BCUT2D eigenvalue weighted by Gasteiger charge is 2.31. The molecule has 4 nitrogen and oxygen atoms in total. The molecule has 1 saturated heterocycles. The monoisotopic (exact) mass is 352 g/mol. The fourth-order valence-corrected chi connectivity index (χ4v) is 4.45. The van der Waals surface area contributed by atoms with Gasteiger partial charge in [-0.1, -0.05) is 32.6 Å². The van der Waals surface area contributed by atoms with Gasteiger partial charge in [-0.2, -0.15) is 0 Å². The van der Waals surface area contributed by atoms with Crippen molar-refractivity contribution in [3.8, 4) is 0 Å². The summed E-state index contributed by atoms with van der Waals surface area (Å²) in [5.41, 5.74) is -0.423. The molecular formula is C21H40N2O2. The number of carbonyl (C=O) groups excluding carboxylic acids is 1. The second-order valence-corrected chi connectivity index (χ2v) is 9.21. The number of nitrogens with one attached hydrogen (secondary N) is 1. The summed E-state index contributed by atoms with van der Waals surface area (Å²) in [5, 5.41) is 3.17. The maximum Gasteiger partial charge on any atom is 0.407 e. The molecule has 0 aromatic carbocycles. The van der Waals surface area contributed by atoms with Crippen LogP contribution >= 0.6 is 0 Å². The molecule has 1 aliphatic carbocycles. The van der Waals surface area contributed by atoms with E-state index in [0.717, 1.165) is 18.9 Å². The summed E-state index contributed by atoms with van der Waals surface area (Å²) in [7, 11) is 0. The number of ether oxygens (including phenoxy) is 1. The number of amides is 1. The van der Waals surface area contributed by atoms with Gasteiger partial charge in [-0.05, 0) is 71.3 Å². The summed E-state index contributed by atoms with van der Waals surface area (Å²) in [5.74, 6) is 1.46. The van der Waals surface area contributed by atoms with Gasteiger partial charge >= 0.3 is 6.09 Å². The first-order valence-corrected chi connectivity index (χ1v) is 10.6.